The number of ketones is 2. The third-order valence-electron chi connectivity index (χ3n) is 12.5. The molecule has 9 rings (SSSR count). The number of hydrogen-bond donors (Lipinski definition) is 1. The molecule has 0 spiro atoms. The number of aromatic hydroxyl groups is 1. The standard InChI is InChI=1S/C46H40IN5O9/c1-49-35-24-37(60-3)36(59-2)23-33(35)48-32(43(49)56)16-17-50-44(57)51-18-15-28-34(52(51)45(50)58)22-30-41(54)29(25-11-7-5-8-12-25)21-39(53)46(30,27-13-9-6-10-14-27)40(28)26-19-31(47)42(55)38(20-26)61-4/h5-15,19-21,23-24,30,34,40,55H,16-18,22H2,1-4H3. The summed E-state index contributed by atoms with van der Waals surface area (Å²) < 4.78 is 22.3. The summed E-state index contributed by atoms with van der Waals surface area (Å²) in [4.78, 5) is 77.8. The van der Waals surface area contributed by atoms with Crippen LogP contribution in [0.3, 0.4) is 0 Å². The normalized spacial score (nSPS) is 20.6. The van der Waals surface area contributed by atoms with Gasteiger partial charge in [0.1, 0.15) is 5.69 Å². The quantitative estimate of drug-likeness (QED) is 0.153. The number of Topliss-reactive ketones (excluding diaryl/α,β-unsaturated/α-hetero) is 1. The van der Waals surface area contributed by atoms with Gasteiger partial charge in [0, 0.05) is 49.6 Å². The van der Waals surface area contributed by atoms with Gasteiger partial charge in [-0.3, -0.25) is 14.4 Å². The van der Waals surface area contributed by atoms with E-state index in [0.29, 0.717) is 48.4 Å². The van der Waals surface area contributed by atoms with E-state index in [-0.39, 0.29) is 60.3 Å². The number of benzene rings is 4. The Morgan fingerprint density at radius 1 is 0.852 bits per heavy atom. The minimum atomic E-state index is -1.48. The fourth-order valence-corrected chi connectivity index (χ4v) is 10.4. The van der Waals surface area contributed by atoms with Crippen LogP contribution in [0.25, 0.3) is 16.6 Å². The molecule has 4 aromatic carbocycles. The van der Waals surface area contributed by atoms with Crippen molar-refractivity contribution in [2.45, 2.75) is 43.3 Å². The molecule has 14 nitrogen and oxygen atoms in total. The van der Waals surface area contributed by atoms with E-state index in [0.717, 1.165) is 4.57 Å². The van der Waals surface area contributed by atoms with Gasteiger partial charge in [-0.1, -0.05) is 66.7 Å². The van der Waals surface area contributed by atoms with Crippen LogP contribution in [0.5, 0.6) is 23.0 Å². The highest BCUT2D eigenvalue weighted by Gasteiger charge is 2.63. The van der Waals surface area contributed by atoms with Gasteiger partial charge in [0.25, 0.3) is 5.56 Å². The molecule has 4 unspecified atom stereocenters. The topological polar surface area (TPSA) is 166 Å². The van der Waals surface area contributed by atoms with Crippen LogP contribution in [0.4, 0.5) is 0 Å². The van der Waals surface area contributed by atoms with Crippen LogP contribution in [0.2, 0.25) is 0 Å². The van der Waals surface area contributed by atoms with E-state index in [1.807, 2.05) is 77.2 Å². The summed E-state index contributed by atoms with van der Waals surface area (Å²) in [6, 6.07) is 24.2. The van der Waals surface area contributed by atoms with E-state index in [1.165, 1.54) is 41.3 Å². The number of ether oxygens (including phenoxy) is 3. The minimum absolute atomic E-state index is 0.00386. The second-order valence-corrected chi connectivity index (χ2v) is 16.6. The van der Waals surface area contributed by atoms with E-state index < -0.39 is 40.2 Å². The van der Waals surface area contributed by atoms with Gasteiger partial charge in [0.05, 0.1) is 53.9 Å². The fourth-order valence-electron chi connectivity index (χ4n) is 9.76. The molecule has 1 aliphatic heterocycles. The van der Waals surface area contributed by atoms with Crippen LogP contribution in [0.1, 0.15) is 40.8 Å². The zero-order valence-corrected chi connectivity index (χ0v) is 35.8. The molecule has 6 aromatic rings. The van der Waals surface area contributed by atoms with Crippen molar-refractivity contribution in [1.29, 1.82) is 0 Å². The summed E-state index contributed by atoms with van der Waals surface area (Å²) in [6.07, 6.45) is 3.33. The molecule has 1 fully saturated rings. The van der Waals surface area contributed by atoms with Gasteiger partial charge >= 0.3 is 11.4 Å². The van der Waals surface area contributed by atoms with Crippen molar-refractivity contribution in [2.24, 2.45) is 13.0 Å². The van der Waals surface area contributed by atoms with Gasteiger partial charge in [0.2, 0.25) is 0 Å². The Morgan fingerprint density at radius 3 is 2.21 bits per heavy atom. The molecule has 310 valence electrons. The smallest absolute Gasteiger partial charge is 0.347 e. The number of fused-ring (bicyclic) bond motifs is 5. The lowest BCUT2D eigenvalue weighted by Gasteiger charge is -2.54. The van der Waals surface area contributed by atoms with Crippen molar-refractivity contribution < 1.29 is 28.9 Å². The third-order valence-corrected chi connectivity index (χ3v) is 13.4. The molecule has 4 atom stereocenters. The molecular weight excluding hydrogens is 893 g/mol. The second kappa shape index (κ2) is 15.2. The lowest BCUT2D eigenvalue weighted by molar-refractivity contribution is -0.133. The number of rotatable bonds is 9. The van der Waals surface area contributed by atoms with Crippen molar-refractivity contribution in [3.63, 3.8) is 0 Å². The second-order valence-electron chi connectivity index (χ2n) is 15.4. The van der Waals surface area contributed by atoms with Crippen molar-refractivity contribution >= 4 is 50.8 Å². The molecule has 0 amide bonds. The van der Waals surface area contributed by atoms with Crippen molar-refractivity contribution in [3.8, 4) is 23.0 Å². The number of carbonyl (C=O) groups is 2. The van der Waals surface area contributed by atoms with Crippen LogP contribution in [-0.2, 0) is 41.6 Å². The average molecular weight is 934 g/mol. The lowest BCUT2D eigenvalue weighted by atomic mass is 9.47. The Hall–Kier alpha value is -6.49. The first-order valence-corrected chi connectivity index (χ1v) is 20.7. The molecule has 15 heteroatoms. The Kier molecular flexibility index (Phi) is 9.96. The first-order valence-electron chi connectivity index (χ1n) is 19.7. The maximum atomic E-state index is 15.3. The highest BCUT2D eigenvalue weighted by Crippen LogP contribution is 2.62. The maximum absolute atomic E-state index is 15.3. The van der Waals surface area contributed by atoms with Crippen molar-refractivity contribution in [3.05, 3.63) is 160 Å². The lowest BCUT2D eigenvalue weighted by Crippen LogP contribution is -2.58. The Balaban J connectivity index is 1.21. The van der Waals surface area contributed by atoms with E-state index in [1.54, 1.807) is 43.4 Å². The number of aryl methyl sites for hydroxylation is 2. The number of phenols is 1. The Labute approximate surface area is 362 Å². The number of phenolic OH excluding ortho intramolecular Hbond substituents is 1. The van der Waals surface area contributed by atoms with Gasteiger partial charge in [-0.05, 0) is 69.5 Å². The van der Waals surface area contributed by atoms with Crippen LogP contribution >= 0.6 is 22.6 Å². The molecule has 1 N–H and O–H groups in total. The Morgan fingerprint density at radius 2 is 1.52 bits per heavy atom. The number of halogens is 1. The molecular formula is C46H40IN5O9. The van der Waals surface area contributed by atoms with E-state index in [2.05, 4.69) is 4.98 Å². The van der Waals surface area contributed by atoms with Crippen LogP contribution in [0, 0.1) is 9.49 Å². The van der Waals surface area contributed by atoms with E-state index in [9.17, 15) is 19.5 Å². The molecule has 61 heavy (non-hydrogen) atoms. The molecule has 3 aliphatic rings. The summed E-state index contributed by atoms with van der Waals surface area (Å²) in [5.41, 5.74) is 0.809. The van der Waals surface area contributed by atoms with Crippen molar-refractivity contribution in [1.82, 2.24) is 23.5 Å². The molecule has 0 radical (unpaired) electrons. The summed E-state index contributed by atoms with van der Waals surface area (Å²) in [6.45, 7) is -0.156. The van der Waals surface area contributed by atoms with Gasteiger partial charge in [-0.2, -0.15) is 0 Å². The molecule has 3 heterocycles. The Bertz CT molecular complexity index is 3060. The first-order chi connectivity index (χ1) is 29.4. The van der Waals surface area contributed by atoms with Crippen LogP contribution < -0.4 is 31.1 Å². The van der Waals surface area contributed by atoms with Crippen molar-refractivity contribution in [2.75, 3.05) is 21.3 Å². The molecule has 0 saturated heterocycles. The zero-order valence-electron chi connectivity index (χ0n) is 33.6. The monoisotopic (exact) mass is 933 g/mol. The highest BCUT2D eigenvalue weighted by molar-refractivity contribution is 14.1. The van der Waals surface area contributed by atoms with E-state index in [4.69, 9.17) is 14.2 Å². The first kappa shape index (κ1) is 39.9. The summed E-state index contributed by atoms with van der Waals surface area (Å²) in [5.74, 6) is -1.41. The van der Waals surface area contributed by atoms with Crippen LogP contribution in [0.15, 0.2) is 117 Å². The number of carbonyl (C=O) groups excluding carboxylic acids is 2. The zero-order chi connectivity index (χ0) is 42.9. The highest BCUT2D eigenvalue weighted by atomic mass is 127. The van der Waals surface area contributed by atoms with Gasteiger partial charge in [-0.15, -0.1) is 0 Å². The van der Waals surface area contributed by atoms with Gasteiger partial charge < -0.3 is 23.9 Å². The van der Waals surface area contributed by atoms with Crippen LogP contribution in [-0.4, -0.2) is 61.5 Å². The predicted molar refractivity (Wildman–Crippen MR) is 235 cm³/mol. The van der Waals surface area contributed by atoms with E-state index >= 15 is 9.59 Å². The summed E-state index contributed by atoms with van der Waals surface area (Å²) in [7, 11) is 6.06. The number of aromatic nitrogens is 5. The summed E-state index contributed by atoms with van der Waals surface area (Å²) in [5, 5.41) is 11.0. The SMILES string of the molecule is COc1cc2nc(CCn3c(=O)n4n(c3=O)C3CC5C(=O)C(c6ccccc6)=CC(=O)C5(c5ccccc5)C(c5cc(I)c(O)c(OC)c5)C3=CC4)c(=O)n(C)c2cc1OC. The fraction of sp³-hybridized carbons (Fsp3) is 0.261. The number of nitrogens with zero attached hydrogens (tertiary/aromatic N) is 5. The minimum Gasteiger partial charge on any atom is -0.504 e. The largest absolute Gasteiger partial charge is 0.504 e. The molecule has 0 bridgehead atoms. The predicted octanol–water partition coefficient (Wildman–Crippen LogP) is 5.10. The molecule has 2 aromatic heterocycles. The number of methoxy groups -OCH3 is 3. The number of hydrogen-bond acceptors (Lipinski definition) is 10. The average Bonchev–Trinajstić information content (AvgIpc) is 3.53. The molecule has 2 aliphatic carbocycles. The van der Waals surface area contributed by atoms with Gasteiger partial charge in [-0.25, -0.2) is 28.5 Å². The number of allylic oxidation sites excluding steroid dienone is 4. The maximum Gasteiger partial charge on any atom is 0.347 e. The van der Waals surface area contributed by atoms with Gasteiger partial charge in [0.15, 0.2) is 34.6 Å². The summed E-state index contributed by atoms with van der Waals surface area (Å²) >= 11 is 2.01. The third kappa shape index (κ3) is 6.02. The molecule has 1 saturated carbocycles.